The first-order chi connectivity index (χ1) is 9.03. The van der Waals surface area contributed by atoms with E-state index in [1.165, 1.54) is 18.9 Å². The highest BCUT2D eigenvalue weighted by Crippen LogP contribution is 2.33. The average Bonchev–Trinajstić information content (AvgIpc) is 2.86. The maximum atomic E-state index is 12.0. The second kappa shape index (κ2) is 5.57. The molecule has 104 valence electrons. The van der Waals surface area contributed by atoms with Crippen LogP contribution in [-0.2, 0) is 0 Å². The predicted octanol–water partition coefficient (Wildman–Crippen LogP) is 0.979. The summed E-state index contributed by atoms with van der Waals surface area (Å²) in [6.45, 7) is 0.621. The topological polar surface area (TPSA) is 65.2 Å². The van der Waals surface area contributed by atoms with Gasteiger partial charge in [-0.2, -0.15) is 0 Å². The molecule has 1 amide bonds. The van der Waals surface area contributed by atoms with Gasteiger partial charge in [0, 0.05) is 18.2 Å². The van der Waals surface area contributed by atoms with Crippen molar-refractivity contribution in [2.75, 3.05) is 20.6 Å². The summed E-state index contributed by atoms with van der Waals surface area (Å²) in [7, 11) is 4.11. The van der Waals surface area contributed by atoms with Crippen molar-refractivity contribution in [1.29, 1.82) is 0 Å². The Balaban J connectivity index is 2.02. The predicted molar refractivity (Wildman–Crippen MR) is 74.3 cm³/mol. The lowest BCUT2D eigenvalue weighted by Crippen LogP contribution is -2.51. The van der Waals surface area contributed by atoms with Gasteiger partial charge in [-0.15, -0.1) is 0 Å². The highest BCUT2D eigenvalue weighted by molar-refractivity contribution is 5.92. The molecule has 1 heterocycles. The first kappa shape index (κ1) is 13.8. The molecule has 2 N–H and O–H groups in total. The zero-order valence-corrected chi connectivity index (χ0v) is 11.5. The summed E-state index contributed by atoms with van der Waals surface area (Å²) < 4.78 is 0. The van der Waals surface area contributed by atoms with E-state index in [9.17, 15) is 9.59 Å². The van der Waals surface area contributed by atoms with Gasteiger partial charge in [0.05, 0.1) is 0 Å². The molecule has 0 atom stereocenters. The molecule has 0 spiro atoms. The summed E-state index contributed by atoms with van der Waals surface area (Å²) in [6, 6.07) is 4.60. The Morgan fingerprint density at radius 2 is 2.05 bits per heavy atom. The van der Waals surface area contributed by atoms with Crippen molar-refractivity contribution < 1.29 is 4.79 Å². The Hall–Kier alpha value is -1.62. The number of H-pyrrole nitrogens is 1. The minimum Gasteiger partial charge on any atom is -0.349 e. The monoisotopic (exact) mass is 263 g/mol. The normalized spacial score (nSPS) is 17.6. The van der Waals surface area contributed by atoms with Gasteiger partial charge in [0.25, 0.3) is 5.91 Å². The van der Waals surface area contributed by atoms with E-state index in [0.29, 0.717) is 12.2 Å². The van der Waals surface area contributed by atoms with Gasteiger partial charge in [-0.05, 0) is 33.0 Å². The lowest BCUT2D eigenvalue weighted by molar-refractivity contribution is 0.0895. The number of likely N-dealkylation sites (N-methyl/N-ethyl adjacent to an activating group) is 1. The molecule has 0 aromatic carbocycles. The molecule has 0 saturated heterocycles. The standard InChI is InChI=1S/C14H21N3O2/c1-17(2)14(8-3-4-9-14)10-15-13(19)11-6-5-7-12(18)16-11/h5-7H,3-4,8-10H2,1-2H3,(H,15,19)(H,16,18). The lowest BCUT2D eigenvalue weighted by Gasteiger charge is -2.36. The van der Waals surface area contributed by atoms with E-state index in [4.69, 9.17) is 0 Å². The molecule has 0 radical (unpaired) electrons. The number of hydrogen-bond donors (Lipinski definition) is 2. The van der Waals surface area contributed by atoms with Gasteiger partial charge in [-0.25, -0.2) is 0 Å². The van der Waals surface area contributed by atoms with E-state index in [1.807, 2.05) is 0 Å². The molecule has 0 unspecified atom stereocenters. The van der Waals surface area contributed by atoms with Gasteiger partial charge in [0.15, 0.2) is 0 Å². The first-order valence-corrected chi connectivity index (χ1v) is 6.68. The SMILES string of the molecule is CN(C)C1(CNC(=O)c2cccc(=O)[nH]2)CCCC1. The third-order valence-electron chi connectivity index (χ3n) is 4.07. The van der Waals surface area contributed by atoms with Crippen LogP contribution in [0.1, 0.15) is 36.2 Å². The molecule has 1 aliphatic carbocycles. The Morgan fingerprint density at radius 1 is 1.37 bits per heavy atom. The van der Waals surface area contributed by atoms with Crippen LogP contribution in [0.4, 0.5) is 0 Å². The number of aromatic amines is 1. The van der Waals surface area contributed by atoms with Crippen molar-refractivity contribution in [2.45, 2.75) is 31.2 Å². The Morgan fingerprint density at radius 3 is 2.63 bits per heavy atom. The van der Waals surface area contributed by atoms with E-state index < -0.39 is 0 Å². The zero-order valence-electron chi connectivity index (χ0n) is 11.5. The number of nitrogens with zero attached hydrogens (tertiary/aromatic N) is 1. The summed E-state index contributed by atoms with van der Waals surface area (Å²) in [5.74, 6) is -0.217. The molecule has 0 bridgehead atoms. The average molecular weight is 263 g/mol. The van der Waals surface area contributed by atoms with E-state index in [1.54, 1.807) is 12.1 Å². The first-order valence-electron chi connectivity index (χ1n) is 6.68. The lowest BCUT2D eigenvalue weighted by atomic mass is 9.96. The van der Waals surface area contributed by atoms with Crippen LogP contribution < -0.4 is 10.9 Å². The van der Waals surface area contributed by atoms with Crippen LogP contribution in [0, 0.1) is 0 Å². The molecule has 0 aliphatic heterocycles. The van der Waals surface area contributed by atoms with Gasteiger partial charge in [0.1, 0.15) is 5.69 Å². The number of hydrogen-bond acceptors (Lipinski definition) is 3. The molecular formula is C14H21N3O2. The fourth-order valence-electron chi connectivity index (χ4n) is 2.74. The highest BCUT2D eigenvalue weighted by atomic mass is 16.2. The van der Waals surface area contributed by atoms with Crippen LogP contribution in [0.3, 0.4) is 0 Å². The van der Waals surface area contributed by atoms with Crippen LogP contribution in [-0.4, -0.2) is 42.0 Å². The fourth-order valence-corrected chi connectivity index (χ4v) is 2.74. The second-order valence-corrected chi connectivity index (χ2v) is 5.44. The molecule has 2 rings (SSSR count). The van der Waals surface area contributed by atoms with Crippen LogP contribution in [0.5, 0.6) is 0 Å². The Kier molecular flexibility index (Phi) is 4.04. The largest absolute Gasteiger partial charge is 0.349 e. The van der Waals surface area contributed by atoms with E-state index in [2.05, 4.69) is 29.3 Å². The van der Waals surface area contributed by atoms with Crippen LogP contribution in [0.25, 0.3) is 0 Å². The Bertz CT molecular complexity index is 501. The van der Waals surface area contributed by atoms with Crippen LogP contribution in [0.15, 0.2) is 23.0 Å². The maximum Gasteiger partial charge on any atom is 0.267 e. The quantitative estimate of drug-likeness (QED) is 0.851. The van der Waals surface area contributed by atoms with Crippen LogP contribution in [0.2, 0.25) is 0 Å². The van der Waals surface area contributed by atoms with Crippen molar-refractivity contribution in [2.24, 2.45) is 0 Å². The number of rotatable bonds is 4. The molecule has 5 heteroatoms. The van der Waals surface area contributed by atoms with E-state index >= 15 is 0 Å². The summed E-state index contributed by atoms with van der Waals surface area (Å²) in [5.41, 5.74) is 0.125. The Labute approximate surface area is 113 Å². The summed E-state index contributed by atoms with van der Waals surface area (Å²) in [4.78, 5) is 27.9. The van der Waals surface area contributed by atoms with Gasteiger partial charge < -0.3 is 15.2 Å². The van der Waals surface area contributed by atoms with Gasteiger partial charge in [-0.3, -0.25) is 9.59 Å². The van der Waals surface area contributed by atoms with Gasteiger partial charge in [0.2, 0.25) is 5.56 Å². The third kappa shape index (κ3) is 3.04. The summed E-state index contributed by atoms with van der Waals surface area (Å²) >= 11 is 0. The maximum absolute atomic E-state index is 12.0. The second-order valence-electron chi connectivity index (χ2n) is 5.44. The number of pyridine rings is 1. The molecule has 19 heavy (non-hydrogen) atoms. The van der Waals surface area contributed by atoms with E-state index in [-0.39, 0.29) is 17.0 Å². The summed E-state index contributed by atoms with van der Waals surface area (Å²) in [6.07, 6.45) is 4.61. The summed E-state index contributed by atoms with van der Waals surface area (Å²) in [5, 5.41) is 2.94. The van der Waals surface area contributed by atoms with E-state index in [0.717, 1.165) is 12.8 Å². The molecule has 1 aromatic rings. The third-order valence-corrected chi connectivity index (χ3v) is 4.07. The van der Waals surface area contributed by atoms with Crippen molar-refractivity contribution in [3.8, 4) is 0 Å². The number of amides is 1. The van der Waals surface area contributed by atoms with Crippen molar-refractivity contribution in [1.82, 2.24) is 15.2 Å². The number of nitrogens with one attached hydrogen (secondary N) is 2. The highest BCUT2D eigenvalue weighted by Gasteiger charge is 2.36. The number of carbonyl (C=O) groups excluding carboxylic acids is 1. The van der Waals surface area contributed by atoms with Crippen molar-refractivity contribution in [3.05, 3.63) is 34.2 Å². The van der Waals surface area contributed by atoms with Crippen molar-refractivity contribution in [3.63, 3.8) is 0 Å². The van der Waals surface area contributed by atoms with Crippen LogP contribution >= 0.6 is 0 Å². The van der Waals surface area contributed by atoms with Gasteiger partial charge >= 0.3 is 0 Å². The number of aromatic nitrogens is 1. The molecule has 1 aliphatic rings. The smallest absolute Gasteiger partial charge is 0.267 e. The van der Waals surface area contributed by atoms with Crippen molar-refractivity contribution >= 4 is 5.91 Å². The molecular weight excluding hydrogens is 242 g/mol. The minimum atomic E-state index is -0.254. The minimum absolute atomic E-state index is 0.0603. The molecule has 1 saturated carbocycles. The molecule has 1 fully saturated rings. The fraction of sp³-hybridized carbons (Fsp3) is 0.571. The molecule has 1 aromatic heterocycles. The molecule has 5 nitrogen and oxygen atoms in total. The van der Waals surface area contributed by atoms with Gasteiger partial charge in [-0.1, -0.05) is 18.9 Å². The zero-order chi connectivity index (χ0) is 13.9. The number of carbonyl (C=O) groups is 1.